The lowest BCUT2D eigenvalue weighted by atomic mass is 9.90. The lowest BCUT2D eigenvalue weighted by Crippen LogP contribution is -2.46. The number of nitrogens with one attached hydrogen (secondary N) is 1. The van der Waals surface area contributed by atoms with E-state index in [2.05, 4.69) is 38.0 Å². The Hall–Kier alpha value is -0.0800. The van der Waals surface area contributed by atoms with E-state index in [-0.39, 0.29) is 0 Å². The third-order valence-electron chi connectivity index (χ3n) is 4.81. The topological polar surface area (TPSA) is 15.3 Å². The molecule has 2 heteroatoms. The molecule has 2 nitrogen and oxygen atoms in total. The third-order valence-corrected chi connectivity index (χ3v) is 4.81. The molecule has 0 spiro atoms. The second-order valence-electron chi connectivity index (χ2n) is 7.18. The normalized spacial score (nSPS) is 38.5. The smallest absolute Gasteiger partial charge is 0.0126 e. The van der Waals surface area contributed by atoms with Crippen molar-refractivity contribution in [3.63, 3.8) is 0 Å². The Kier molecular flexibility index (Phi) is 4.14. The first-order chi connectivity index (χ1) is 8.02. The third kappa shape index (κ3) is 3.23. The number of hydrogen-bond acceptors (Lipinski definition) is 2. The minimum absolute atomic E-state index is 0.569. The molecule has 0 aromatic heterocycles. The highest BCUT2D eigenvalue weighted by Crippen LogP contribution is 2.43. The molecule has 17 heavy (non-hydrogen) atoms. The van der Waals surface area contributed by atoms with Crippen LogP contribution in [0.4, 0.5) is 0 Å². The maximum absolute atomic E-state index is 3.35. The zero-order valence-corrected chi connectivity index (χ0v) is 12.1. The summed E-state index contributed by atoms with van der Waals surface area (Å²) in [6.07, 6.45) is 5.63. The highest BCUT2D eigenvalue weighted by atomic mass is 15.2. The van der Waals surface area contributed by atoms with E-state index in [0.717, 1.165) is 17.9 Å². The van der Waals surface area contributed by atoms with Crippen LogP contribution >= 0.6 is 0 Å². The van der Waals surface area contributed by atoms with Gasteiger partial charge >= 0.3 is 0 Å². The average Bonchev–Trinajstić information content (AvgIpc) is 2.53. The molecule has 2 rings (SSSR count). The number of rotatable bonds is 3. The van der Waals surface area contributed by atoms with Gasteiger partial charge in [-0.15, -0.1) is 0 Å². The molecule has 2 aliphatic rings. The van der Waals surface area contributed by atoms with E-state index in [9.17, 15) is 0 Å². The van der Waals surface area contributed by atoms with E-state index in [1.807, 2.05) is 0 Å². The molecule has 1 N–H and O–H groups in total. The molecule has 3 atom stereocenters. The second-order valence-corrected chi connectivity index (χ2v) is 7.18. The van der Waals surface area contributed by atoms with Crippen molar-refractivity contribution >= 4 is 0 Å². The summed E-state index contributed by atoms with van der Waals surface area (Å²) >= 11 is 0. The molecule has 0 amide bonds. The van der Waals surface area contributed by atoms with Gasteiger partial charge in [-0.1, -0.05) is 20.8 Å². The molecule has 0 bridgehead atoms. The Morgan fingerprint density at radius 1 is 1.29 bits per heavy atom. The Labute approximate surface area is 107 Å². The predicted octanol–water partition coefficient (Wildman–Crippen LogP) is 2.74. The Bertz CT molecular complexity index is 247. The molecule has 0 radical (unpaired) electrons. The van der Waals surface area contributed by atoms with Crippen LogP contribution in [0.25, 0.3) is 0 Å². The van der Waals surface area contributed by atoms with Crippen LogP contribution in [-0.2, 0) is 0 Å². The molecule has 2 fully saturated rings. The van der Waals surface area contributed by atoms with Gasteiger partial charge in [-0.25, -0.2) is 0 Å². The van der Waals surface area contributed by atoms with Crippen molar-refractivity contribution in [1.82, 2.24) is 10.2 Å². The van der Waals surface area contributed by atoms with Gasteiger partial charge in [0.15, 0.2) is 0 Å². The van der Waals surface area contributed by atoms with E-state index in [1.54, 1.807) is 0 Å². The number of piperidine rings is 1. The summed E-state index contributed by atoms with van der Waals surface area (Å²) in [4.78, 5) is 2.80. The molecule has 1 saturated heterocycles. The molecule has 1 saturated carbocycles. The van der Waals surface area contributed by atoms with Crippen molar-refractivity contribution < 1.29 is 0 Å². The van der Waals surface area contributed by atoms with Gasteiger partial charge in [0.1, 0.15) is 0 Å². The van der Waals surface area contributed by atoms with E-state index in [4.69, 9.17) is 0 Å². The van der Waals surface area contributed by atoms with Crippen LogP contribution in [0.2, 0.25) is 0 Å². The molecular formula is C15H30N2. The lowest BCUT2D eigenvalue weighted by Gasteiger charge is -2.39. The summed E-state index contributed by atoms with van der Waals surface area (Å²) in [5.74, 6) is 1.77. The van der Waals surface area contributed by atoms with Crippen LogP contribution in [0.5, 0.6) is 0 Å². The molecule has 1 aliphatic heterocycles. The van der Waals surface area contributed by atoms with Gasteiger partial charge in [0.2, 0.25) is 0 Å². The fourth-order valence-corrected chi connectivity index (χ4v) is 4.20. The SMILES string of the molecule is CNCC1CCCN(C2CC(C)(C)CC2C)C1. The van der Waals surface area contributed by atoms with Gasteiger partial charge in [0.25, 0.3) is 0 Å². The van der Waals surface area contributed by atoms with Crippen LogP contribution in [0.15, 0.2) is 0 Å². The van der Waals surface area contributed by atoms with Crippen molar-refractivity contribution in [2.75, 3.05) is 26.7 Å². The van der Waals surface area contributed by atoms with Crippen LogP contribution in [0, 0.1) is 17.3 Å². The Morgan fingerprint density at radius 3 is 2.65 bits per heavy atom. The van der Waals surface area contributed by atoms with Gasteiger partial charge in [0.05, 0.1) is 0 Å². The number of nitrogens with zero attached hydrogens (tertiary/aromatic N) is 1. The van der Waals surface area contributed by atoms with Gasteiger partial charge in [0, 0.05) is 12.6 Å². The quantitative estimate of drug-likeness (QED) is 0.813. The molecular weight excluding hydrogens is 208 g/mol. The lowest BCUT2D eigenvalue weighted by molar-refractivity contribution is 0.101. The fraction of sp³-hybridized carbons (Fsp3) is 1.00. The summed E-state index contributed by atoms with van der Waals surface area (Å²) in [6, 6.07) is 0.852. The minimum Gasteiger partial charge on any atom is -0.319 e. The van der Waals surface area contributed by atoms with Crippen molar-refractivity contribution in [2.45, 2.75) is 52.5 Å². The predicted molar refractivity (Wildman–Crippen MR) is 74.2 cm³/mol. The summed E-state index contributed by atoms with van der Waals surface area (Å²) in [5.41, 5.74) is 0.569. The summed E-state index contributed by atoms with van der Waals surface area (Å²) in [7, 11) is 2.08. The molecule has 0 aromatic carbocycles. The first-order valence-electron chi connectivity index (χ1n) is 7.40. The van der Waals surface area contributed by atoms with Crippen LogP contribution in [-0.4, -0.2) is 37.6 Å². The molecule has 0 aromatic rings. The highest BCUT2D eigenvalue weighted by Gasteiger charge is 2.40. The first kappa shape index (κ1) is 13.4. The minimum atomic E-state index is 0.569. The van der Waals surface area contributed by atoms with Crippen LogP contribution in [0.1, 0.15) is 46.5 Å². The average molecular weight is 238 g/mol. The van der Waals surface area contributed by atoms with Crippen molar-refractivity contribution in [2.24, 2.45) is 17.3 Å². The molecule has 1 aliphatic carbocycles. The molecule has 1 heterocycles. The second kappa shape index (κ2) is 5.27. The van der Waals surface area contributed by atoms with Crippen molar-refractivity contribution in [1.29, 1.82) is 0 Å². The van der Waals surface area contributed by atoms with E-state index in [1.165, 1.54) is 45.3 Å². The first-order valence-corrected chi connectivity index (χ1v) is 7.40. The van der Waals surface area contributed by atoms with E-state index in [0.29, 0.717) is 5.41 Å². The fourth-order valence-electron chi connectivity index (χ4n) is 4.20. The van der Waals surface area contributed by atoms with Crippen LogP contribution in [0.3, 0.4) is 0 Å². The summed E-state index contributed by atoms with van der Waals surface area (Å²) < 4.78 is 0. The van der Waals surface area contributed by atoms with Gasteiger partial charge in [-0.3, -0.25) is 4.90 Å². The zero-order valence-electron chi connectivity index (χ0n) is 12.1. The van der Waals surface area contributed by atoms with Gasteiger partial charge in [-0.05, 0) is 63.1 Å². The van der Waals surface area contributed by atoms with Gasteiger partial charge in [-0.2, -0.15) is 0 Å². The maximum Gasteiger partial charge on any atom is 0.0126 e. The standard InChI is InChI=1S/C15H30N2/c1-12-8-15(2,3)9-14(12)17-7-5-6-13(11-17)10-16-4/h12-14,16H,5-11H2,1-4H3. The molecule has 100 valence electrons. The summed E-state index contributed by atoms with van der Waals surface area (Å²) in [5, 5.41) is 3.35. The van der Waals surface area contributed by atoms with Gasteiger partial charge < -0.3 is 5.32 Å². The number of likely N-dealkylation sites (tertiary alicyclic amines) is 1. The zero-order chi connectivity index (χ0) is 12.5. The number of hydrogen-bond donors (Lipinski definition) is 1. The van der Waals surface area contributed by atoms with Crippen molar-refractivity contribution in [3.8, 4) is 0 Å². The van der Waals surface area contributed by atoms with Crippen LogP contribution < -0.4 is 5.32 Å². The largest absolute Gasteiger partial charge is 0.319 e. The van der Waals surface area contributed by atoms with E-state index >= 15 is 0 Å². The highest BCUT2D eigenvalue weighted by molar-refractivity contribution is 4.94. The maximum atomic E-state index is 3.35. The van der Waals surface area contributed by atoms with Crippen molar-refractivity contribution in [3.05, 3.63) is 0 Å². The summed E-state index contributed by atoms with van der Waals surface area (Å²) in [6.45, 7) is 11.2. The Morgan fingerprint density at radius 2 is 2.06 bits per heavy atom. The molecule has 3 unspecified atom stereocenters. The monoisotopic (exact) mass is 238 g/mol. The Balaban J connectivity index is 1.93. The van der Waals surface area contributed by atoms with E-state index < -0.39 is 0 Å².